The molecule has 0 aromatic heterocycles. The topological polar surface area (TPSA) is 21.6 Å². The van der Waals surface area contributed by atoms with Crippen molar-refractivity contribution in [2.45, 2.75) is 25.2 Å². The van der Waals surface area contributed by atoms with Gasteiger partial charge in [-0.2, -0.15) is 0 Å². The molecule has 0 aliphatic carbocycles. The van der Waals surface area contributed by atoms with E-state index in [1.54, 1.807) is 0 Å². The maximum Gasteiger partial charge on any atom is 0.114 e. The van der Waals surface area contributed by atoms with Gasteiger partial charge in [-0.15, -0.1) is 0 Å². The number of fused-ring (bicyclic) bond motifs is 2. The number of nitrogens with zero attached hydrogens (tertiary/aromatic N) is 1. The molecule has 3 rings (SSSR count). The molecule has 2 nitrogen and oxygen atoms in total. The fourth-order valence-corrected chi connectivity index (χ4v) is 2.06. The molecule has 1 aromatic carbocycles. The summed E-state index contributed by atoms with van der Waals surface area (Å²) in [6.07, 6.45) is 5.68. The highest BCUT2D eigenvalue weighted by Gasteiger charge is 2.32. The summed E-state index contributed by atoms with van der Waals surface area (Å²) < 4.78 is 5.63. The standard InChI is InChI=1S/C13H13NO/c1-2-4-10(5-3-1)9-14-12-8-11-6-7-13(12)15-11/h1-7,11,13H,8-9H2. The smallest absolute Gasteiger partial charge is 0.114 e. The van der Waals surface area contributed by atoms with E-state index in [1.165, 1.54) is 11.3 Å². The van der Waals surface area contributed by atoms with Crippen LogP contribution in [0, 0.1) is 0 Å². The second kappa shape index (κ2) is 3.63. The van der Waals surface area contributed by atoms with Gasteiger partial charge in [-0.1, -0.05) is 42.5 Å². The molecule has 2 unspecified atom stereocenters. The Hall–Kier alpha value is -1.41. The van der Waals surface area contributed by atoms with Crippen molar-refractivity contribution in [3.05, 3.63) is 48.0 Å². The lowest BCUT2D eigenvalue weighted by atomic mass is 10.1. The highest BCUT2D eigenvalue weighted by Crippen LogP contribution is 2.26. The molecule has 2 aliphatic rings. The normalized spacial score (nSPS) is 30.3. The van der Waals surface area contributed by atoms with E-state index in [-0.39, 0.29) is 6.10 Å². The Balaban J connectivity index is 1.71. The lowest BCUT2D eigenvalue weighted by Crippen LogP contribution is -2.12. The van der Waals surface area contributed by atoms with Gasteiger partial charge in [0.25, 0.3) is 0 Å². The molecule has 2 bridgehead atoms. The number of hydrogen-bond donors (Lipinski definition) is 0. The molecular weight excluding hydrogens is 186 g/mol. The van der Waals surface area contributed by atoms with Crippen LogP contribution in [-0.4, -0.2) is 17.9 Å². The summed E-state index contributed by atoms with van der Waals surface area (Å²) in [5.74, 6) is 0. The maximum atomic E-state index is 5.63. The summed E-state index contributed by atoms with van der Waals surface area (Å²) >= 11 is 0. The van der Waals surface area contributed by atoms with Gasteiger partial charge in [0.15, 0.2) is 0 Å². The van der Waals surface area contributed by atoms with Crippen molar-refractivity contribution in [2.24, 2.45) is 4.99 Å². The van der Waals surface area contributed by atoms with Crippen molar-refractivity contribution in [1.82, 2.24) is 0 Å². The molecule has 2 atom stereocenters. The van der Waals surface area contributed by atoms with E-state index in [0.717, 1.165) is 13.0 Å². The summed E-state index contributed by atoms with van der Waals surface area (Å²) in [7, 11) is 0. The molecule has 2 heteroatoms. The molecule has 15 heavy (non-hydrogen) atoms. The first kappa shape index (κ1) is 8.86. The monoisotopic (exact) mass is 199 g/mol. The zero-order chi connectivity index (χ0) is 10.1. The molecule has 76 valence electrons. The Morgan fingerprint density at radius 1 is 1.20 bits per heavy atom. The van der Waals surface area contributed by atoms with Crippen LogP contribution >= 0.6 is 0 Å². The van der Waals surface area contributed by atoms with Crippen LogP contribution < -0.4 is 0 Å². The summed E-state index contributed by atoms with van der Waals surface area (Å²) in [6.45, 7) is 0.774. The van der Waals surface area contributed by atoms with Gasteiger partial charge in [-0.05, 0) is 5.56 Å². The van der Waals surface area contributed by atoms with Crippen molar-refractivity contribution in [1.29, 1.82) is 0 Å². The molecule has 2 heterocycles. The van der Waals surface area contributed by atoms with Gasteiger partial charge in [0.1, 0.15) is 6.10 Å². The average molecular weight is 199 g/mol. The second-order valence-electron chi connectivity index (χ2n) is 3.98. The zero-order valence-electron chi connectivity index (χ0n) is 8.47. The first-order valence-corrected chi connectivity index (χ1v) is 5.33. The predicted molar refractivity (Wildman–Crippen MR) is 60.0 cm³/mol. The summed E-state index contributed by atoms with van der Waals surface area (Å²) in [6, 6.07) is 10.3. The number of benzene rings is 1. The molecule has 0 radical (unpaired) electrons. The Morgan fingerprint density at radius 3 is 2.73 bits per heavy atom. The molecule has 0 N–H and O–H groups in total. The van der Waals surface area contributed by atoms with E-state index in [1.807, 2.05) is 18.2 Å². The van der Waals surface area contributed by atoms with Gasteiger partial charge in [0.05, 0.1) is 12.6 Å². The molecule has 0 saturated carbocycles. The SMILES string of the molecule is C1=CC2OC1CC2=NCc1ccccc1. The van der Waals surface area contributed by atoms with E-state index >= 15 is 0 Å². The first-order valence-electron chi connectivity index (χ1n) is 5.33. The minimum atomic E-state index is 0.165. The number of aliphatic imine (C=N–C) groups is 1. The third kappa shape index (κ3) is 1.73. The van der Waals surface area contributed by atoms with Gasteiger partial charge in [0.2, 0.25) is 0 Å². The van der Waals surface area contributed by atoms with Gasteiger partial charge in [0, 0.05) is 12.1 Å². The number of rotatable bonds is 2. The number of ether oxygens (including phenoxy) is 1. The van der Waals surface area contributed by atoms with Gasteiger partial charge < -0.3 is 4.74 Å². The molecular formula is C13H13NO. The predicted octanol–water partition coefficient (Wildman–Crippen LogP) is 2.35. The Morgan fingerprint density at radius 2 is 2.07 bits per heavy atom. The zero-order valence-corrected chi connectivity index (χ0v) is 8.47. The molecule has 1 fully saturated rings. The molecule has 2 aliphatic heterocycles. The molecule has 1 saturated heterocycles. The minimum Gasteiger partial charge on any atom is -0.360 e. The van der Waals surface area contributed by atoms with Crippen molar-refractivity contribution >= 4 is 5.71 Å². The largest absolute Gasteiger partial charge is 0.360 e. The summed E-state index contributed by atoms with van der Waals surface area (Å²) in [5, 5.41) is 0. The van der Waals surface area contributed by atoms with E-state index in [2.05, 4.69) is 29.3 Å². The lowest BCUT2D eigenvalue weighted by molar-refractivity contribution is 0.132. The molecule has 1 aromatic rings. The third-order valence-electron chi connectivity index (χ3n) is 2.87. The number of hydrogen-bond acceptors (Lipinski definition) is 2. The summed E-state index contributed by atoms with van der Waals surface area (Å²) in [5.41, 5.74) is 2.46. The quantitative estimate of drug-likeness (QED) is 0.670. The van der Waals surface area contributed by atoms with Crippen LogP contribution in [0.3, 0.4) is 0 Å². The highest BCUT2D eigenvalue weighted by atomic mass is 16.5. The van der Waals surface area contributed by atoms with Gasteiger partial charge in [-0.25, -0.2) is 0 Å². The Kier molecular flexibility index (Phi) is 2.14. The Bertz CT molecular complexity index is 408. The lowest BCUT2D eigenvalue weighted by Gasteiger charge is -2.04. The maximum absolute atomic E-state index is 5.63. The fraction of sp³-hybridized carbons (Fsp3) is 0.308. The summed E-state index contributed by atoms with van der Waals surface area (Å²) in [4.78, 5) is 4.62. The first-order chi connectivity index (χ1) is 7.42. The van der Waals surface area contributed by atoms with Gasteiger partial charge in [-0.3, -0.25) is 4.99 Å². The van der Waals surface area contributed by atoms with Crippen LogP contribution in [-0.2, 0) is 11.3 Å². The van der Waals surface area contributed by atoms with Crippen LogP contribution in [0.2, 0.25) is 0 Å². The average Bonchev–Trinajstić information content (AvgIpc) is 2.89. The van der Waals surface area contributed by atoms with Crippen LogP contribution in [0.5, 0.6) is 0 Å². The van der Waals surface area contributed by atoms with E-state index in [9.17, 15) is 0 Å². The van der Waals surface area contributed by atoms with Crippen molar-refractivity contribution in [3.8, 4) is 0 Å². The third-order valence-corrected chi connectivity index (χ3v) is 2.87. The molecule has 0 spiro atoms. The van der Waals surface area contributed by atoms with Crippen LogP contribution in [0.4, 0.5) is 0 Å². The van der Waals surface area contributed by atoms with Crippen LogP contribution in [0.25, 0.3) is 0 Å². The van der Waals surface area contributed by atoms with Crippen molar-refractivity contribution in [3.63, 3.8) is 0 Å². The highest BCUT2D eigenvalue weighted by molar-refractivity contribution is 5.93. The second-order valence-corrected chi connectivity index (χ2v) is 3.98. The van der Waals surface area contributed by atoms with Crippen molar-refractivity contribution < 1.29 is 4.74 Å². The van der Waals surface area contributed by atoms with E-state index in [4.69, 9.17) is 4.74 Å². The molecule has 0 amide bonds. The Labute approximate surface area is 89.3 Å². The van der Waals surface area contributed by atoms with Gasteiger partial charge >= 0.3 is 0 Å². The van der Waals surface area contributed by atoms with Crippen LogP contribution in [0.15, 0.2) is 47.5 Å². The van der Waals surface area contributed by atoms with Crippen LogP contribution in [0.1, 0.15) is 12.0 Å². The minimum absolute atomic E-state index is 0.165. The van der Waals surface area contributed by atoms with E-state index in [0.29, 0.717) is 6.10 Å². The fourth-order valence-electron chi connectivity index (χ4n) is 2.06. The van der Waals surface area contributed by atoms with E-state index < -0.39 is 0 Å². The van der Waals surface area contributed by atoms with Crippen molar-refractivity contribution in [2.75, 3.05) is 0 Å².